The van der Waals surface area contributed by atoms with E-state index in [1.807, 2.05) is 29.8 Å². The molecule has 3 aromatic rings. The SMILES string of the molecule is Cc1cc(-c2cc(C(=O)N3CCNCC3)no2)cc2cn([C@@H](C)C3CC3)c(O)c12. The van der Waals surface area contributed by atoms with E-state index in [-0.39, 0.29) is 5.91 Å². The Kier molecular flexibility index (Phi) is 4.35. The number of nitrogens with zero attached hydrogens (tertiary/aromatic N) is 3. The molecule has 7 heteroatoms. The second-order valence-corrected chi connectivity index (χ2v) is 8.31. The van der Waals surface area contributed by atoms with Gasteiger partial charge >= 0.3 is 0 Å². The highest BCUT2D eigenvalue weighted by molar-refractivity contribution is 5.96. The van der Waals surface area contributed by atoms with Gasteiger partial charge in [0.15, 0.2) is 17.3 Å². The van der Waals surface area contributed by atoms with Crippen LogP contribution in [0.25, 0.3) is 22.1 Å². The van der Waals surface area contributed by atoms with Crippen molar-refractivity contribution < 1.29 is 14.4 Å². The van der Waals surface area contributed by atoms with Crippen molar-refractivity contribution in [1.82, 2.24) is 19.9 Å². The molecule has 0 unspecified atom stereocenters. The van der Waals surface area contributed by atoms with E-state index in [0.717, 1.165) is 35.0 Å². The first kappa shape index (κ1) is 18.2. The maximum Gasteiger partial charge on any atom is 0.276 e. The molecule has 1 aromatic carbocycles. The maximum atomic E-state index is 12.7. The Bertz CT molecular complexity index is 1070. The van der Waals surface area contributed by atoms with Crippen molar-refractivity contribution in [2.75, 3.05) is 26.2 Å². The van der Waals surface area contributed by atoms with Gasteiger partial charge in [0.1, 0.15) is 0 Å². The number of nitrogens with one attached hydrogen (secondary N) is 1. The van der Waals surface area contributed by atoms with E-state index in [4.69, 9.17) is 4.52 Å². The number of hydrogen-bond acceptors (Lipinski definition) is 5. The summed E-state index contributed by atoms with van der Waals surface area (Å²) in [6.45, 7) is 7.10. The molecule has 1 aliphatic heterocycles. The summed E-state index contributed by atoms with van der Waals surface area (Å²) in [4.78, 5) is 14.5. The molecular formula is C22H26N4O3. The zero-order valence-electron chi connectivity index (χ0n) is 16.8. The van der Waals surface area contributed by atoms with Gasteiger partial charge in [-0.3, -0.25) is 4.79 Å². The molecule has 3 heterocycles. The van der Waals surface area contributed by atoms with Gasteiger partial charge in [-0.15, -0.1) is 0 Å². The van der Waals surface area contributed by atoms with E-state index in [1.165, 1.54) is 12.8 Å². The van der Waals surface area contributed by atoms with Crippen LogP contribution in [0.5, 0.6) is 5.88 Å². The molecule has 1 saturated carbocycles. The van der Waals surface area contributed by atoms with Crippen molar-refractivity contribution in [3.8, 4) is 17.2 Å². The molecule has 1 atom stereocenters. The average Bonchev–Trinajstić information content (AvgIpc) is 3.37. The van der Waals surface area contributed by atoms with Crippen molar-refractivity contribution in [2.24, 2.45) is 5.92 Å². The number of aryl methyl sites for hydroxylation is 1. The standard InChI is InChI=1S/C22H26N4O3/c1-13-9-16(10-17-12-26(22(28)20(13)17)14(2)15-3-4-15)19-11-18(24-29-19)21(27)25-7-5-23-6-8-25/h9-12,14-15,23,28H,3-8H2,1-2H3/t14-/m0/s1. The van der Waals surface area contributed by atoms with E-state index in [9.17, 15) is 9.90 Å². The van der Waals surface area contributed by atoms with Gasteiger partial charge in [0, 0.05) is 60.8 Å². The zero-order valence-corrected chi connectivity index (χ0v) is 16.8. The first-order chi connectivity index (χ1) is 14.0. The molecule has 2 N–H and O–H groups in total. The first-order valence-corrected chi connectivity index (χ1v) is 10.3. The highest BCUT2D eigenvalue weighted by Crippen LogP contribution is 2.44. The van der Waals surface area contributed by atoms with Gasteiger partial charge in [-0.05, 0) is 50.3 Å². The van der Waals surface area contributed by atoms with Crippen LogP contribution in [0.3, 0.4) is 0 Å². The lowest BCUT2D eigenvalue weighted by molar-refractivity contribution is 0.0725. The molecule has 7 nitrogen and oxygen atoms in total. The number of aromatic hydroxyl groups is 1. The van der Waals surface area contributed by atoms with Gasteiger partial charge in [-0.2, -0.15) is 0 Å². The number of carbonyl (C=O) groups is 1. The van der Waals surface area contributed by atoms with Crippen LogP contribution in [-0.2, 0) is 0 Å². The maximum absolute atomic E-state index is 12.7. The summed E-state index contributed by atoms with van der Waals surface area (Å²) in [5.41, 5.74) is 2.17. The fourth-order valence-corrected chi connectivity index (χ4v) is 4.36. The van der Waals surface area contributed by atoms with Crippen molar-refractivity contribution in [3.05, 3.63) is 35.7 Å². The summed E-state index contributed by atoms with van der Waals surface area (Å²) in [5, 5.41) is 19.9. The molecule has 0 radical (unpaired) electrons. The second kappa shape index (κ2) is 6.91. The number of piperazine rings is 1. The highest BCUT2D eigenvalue weighted by atomic mass is 16.5. The van der Waals surface area contributed by atoms with Gasteiger partial charge < -0.3 is 24.4 Å². The minimum Gasteiger partial charge on any atom is -0.494 e. The van der Waals surface area contributed by atoms with Crippen LogP contribution in [0, 0.1) is 12.8 Å². The molecule has 1 aliphatic carbocycles. The molecule has 5 rings (SSSR count). The molecule has 2 fully saturated rings. The molecule has 1 saturated heterocycles. The minimum atomic E-state index is -0.0960. The average molecular weight is 394 g/mol. The number of hydrogen-bond donors (Lipinski definition) is 2. The number of amides is 1. The van der Waals surface area contributed by atoms with Gasteiger partial charge in [0.25, 0.3) is 5.91 Å². The Labute approximate surface area is 169 Å². The Balaban J connectivity index is 1.47. The van der Waals surface area contributed by atoms with Gasteiger partial charge in [0.2, 0.25) is 0 Å². The molecule has 2 aliphatic rings. The van der Waals surface area contributed by atoms with E-state index >= 15 is 0 Å². The fraction of sp³-hybridized carbons (Fsp3) is 0.455. The quantitative estimate of drug-likeness (QED) is 0.709. The van der Waals surface area contributed by atoms with Gasteiger partial charge in [0.05, 0.1) is 0 Å². The number of benzene rings is 1. The lowest BCUT2D eigenvalue weighted by atomic mass is 10.0. The monoisotopic (exact) mass is 394 g/mol. The molecule has 0 bridgehead atoms. The summed E-state index contributed by atoms with van der Waals surface area (Å²) in [6.07, 6.45) is 4.47. The molecule has 29 heavy (non-hydrogen) atoms. The summed E-state index contributed by atoms with van der Waals surface area (Å²) in [7, 11) is 0. The Morgan fingerprint density at radius 3 is 2.76 bits per heavy atom. The van der Waals surface area contributed by atoms with Crippen molar-refractivity contribution in [1.29, 1.82) is 0 Å². The zero-order chi connectivity index (χ0) is 20.1. The lowest BCUT2D eigenvalue weighted by Crippen LogP contribution is -2.46. The van der Waals surface area contributed by atoms with Crippen LogP contribution in [0.2, 0.25) is 0 Å². The van der Waals surface area contributed by atoms with Gasteiger partial charge in [-0.1, -0.05) is 5.16 Å². The lowest BCUT2D eigenvalue weighted by Gasteiger charge is -2.26. The fourth-order valence-electron chi connectivity index (χ4n) is 4.36. The van der Waals surface area contributed by atoms with Crippen molar-refractivity contribution >= 4 is 16.7 Å². The van der Waals surface area contributed by atoms with Crippen LogP contribution in [-0.4, -0.2) is 51.8 Å². The smallest absolute Gasteiger partial charge is 0.276 e. The normalized spacial score (nSPS) is 18.3. The molecule has 152 valence electrons. The highest BCUT2D eigenvalue weighted by Gasteiger charge is 2.31. The molecule has 1 amide bonds. The van der Waals surface area contributed by atoms with Crippen molar-refractivity contribution in [2.45, 2.75) is 32.7 Å². The molecule has 0 spiro atoms. The van der Waals surface area contributed by atoms with Gasteiger partial charge in [-0.25, -0.2) is 0 Å². The Morgan fingerprint density at radius 1 is 1.28 bits per heavy atom. The predicted molar refractivity (Wildman–Crippen MR) is 110 cm³/mol. The number of fused-ring (bicyclic) bond motifs is 1. The number of aromatic nitrogens is 2. The number of carbonyl (C=O) groups excluding carboxylic acids is 1. The van der Waals surface area contributed by atoms with Crippen LogP contribution in [0.4, 0.5) is 0 Å². The Morgan fingerprint density at radius 2 is 2.03 bits per heavy atom. The predicted octanol–water partition coefficient (Wildman–Crippen LogP) is 3.33. The second-order valence-electron chi connectivity index (χ2n) is 8.31. The topological polar surface area (TPSA) is 83.5 Å². The van der Waals surface area contributed by atoms with E-state index in [0.29, 0.717) is 42.4 Å². The Hall–Kier alpha value is -2.80. The molecular weight excluding hydrogens is 368 g/mol. The summed E-state index contributed by atoms with van der Waals surface area (Å²) < 4.78 is 7.50. The van der Waals surface area contributed by atoms with Crippen molar-refractivity contribution in [3.63, 3.8) is 0 Å². The van der Waals surface area contributed by atoms with E-state index < -0.39 is 0 Å². The van der Waals surface area contributed by atoms with E-state index in [2.05, 4.69) is 17.4 Å². The van der Waals surface area contributed by atoms with Crippen LogP contribution in [0.15, 0.2) is 28.9 Å². The van der Waals surface area contributed by atoms with E-state index in [1.54, 1.807) is 11.0 Å². The third kappa shape index (κ3) is 3.19. The van der Waals surface area contributed by atoms with Crippen LogP contribution < -0.4 is 5.32 Å². The molecule has 2 aromatic heterocycles. The summed E-state index contributed by atoms with van der Waals surface area (Å²) in [5.74, 6) is 1.45. The summed E-state index contributed by atoms with van der Waals surface area (Å²) in [6, 6.07) is 5.99. The largest absolute Gasteiger partial charge is 0.494 e. The minimum absolute atomic E-state index is 0.0960. The number of rotatable bonds is 4. The van der Waals surface area contributed by atoms with Crippen LogP contribution >= 0.6 is 0 Å². The third-order valence-electron chi connectivity index (χ3n) is 6.27. The first-order valence-electron chi connectivity index (χ1n) is 10.3. The van der Waals surface area contributed by atoms with Crippen LogP contribution in [0.1, 0.15) is 41.9 Å². The summed E-state index contributed by atoms with van der Waals surface area (Å²) >= 11 is 0. The third-order valence-corrected chi connectivity index (χ3v) is 6.27.